The number of nitrogens with two attached hydrogens (primary N) is 1. The molecule has 0 bridgehead atoms. The van der Waals surface area contributed by atoms with Crippen molar-refractivity contribution in [2.75, 3.05) is 0 Å². The molecule has 0 aromatic heterocycles. The van der Waals surface area contributed by atoms with Crippen molar-refractivity contribution in [3.63, 3.8) is 0 Å². The molecule has 0 spiro atoms. The third-order valence-electron chi connectivity index (χ3n) is 2.13. The van der Waals surface area contributed by atoms with Crippen LogP contribution in [0.4, 0.5) is 0 Å². The predicted octanol–water partition coefficient (Wildman–Crippen LogP) is -0.0205. The van der Waals surface area contributed by atoms with Crippen LogP contribution in [0.15, 0.2) is 18.2 Å². The van der Waals surface area contributed by atoms with Gasteiger partial charge in [-0.3, -0.25) is 9.59 Å². The molecule has 5 N–H and O–H groups in total. The van der Waals surface area contributed by atoms with E-state index in [2.05, 4.69) is 5.32 Å². The zero-order chi connectivity index (χ0) is 12.8. The molecule has 1 aromatic carbocycles. The van der Waals surface area contributed by atoms with Crippen LogP contribution in [0.1, 0.15) is 18.4 Å². The molecule has 6 nitrogen and oxygen atoms in total. The quantitative estimate of drug-likeness (QED) is 0.540. The molecule has 0 fully saturated rings. The first-order chi connectivity index (χ1) is 7.99. The first-order valence-corrected chi connectivity index (χ1v) is 5.05. The summed E-state index contributed by atoms with van der Waals surface area (Å²) in [7, 11) is 0. The Balaban J connectivity index is 2.42. The van der Waals surface area contributed by atoms with E-state index < -0.39 is 5.91 Å². The molecule has 0 unspecified atom stereocenters. The maximum absolute atomic E-state index is 11.2. The van der Waals surface area contributed by atoms with Crippen molar-refractivity contribution < 1.29 is 19.8 Å². The van der Waals surface area contributed by atoms with E-state index in [4.69, 9.17) is 10.8 Å². The van der Waals surface area contributed by atoms with Crippen LogP contribution < -0.4 is 11.1 Å². The van der Waals surface area contributed by atoms with Gasteiger partial charge in [-0.15, -0.1) is 0 Å². The summed E-state index contributed by atoms with van der Waals surface area (Å²) in [5.41, 5.74) is 5.55. The molecule has 0 aliphatic carbocycles. The van der Waals surface area contributed by atoms with Gasteiger partial charge in [0.1, 0.15) is 0 Å². The predicted molar refractivity (Wildman–Crippen MR) is 60.0 cm³/mol. The third-order valence-corrected chi connectivity index (χ3v) is 2.13. The Bertz CT molecular complexity index is 431. The number of hydrogen-bond donors (Lipinski definition) is 4. The molecular formula is C11H14N2O4. The molecule has 92 valence electrons. The van der Waals surface area contributed by atoms with Crippen molar-refractivity contribution >= 4 is 11.8 Å². The van der Waals surface area contributed by atoms with Gasteiger partial charge in [0.2, 0.25) is 11.8 Å². The minimum atomic E-state index is -0.526. The van der Waals surface area contributed by atoms with Crippen LogP contribution in [-0.4, -0.2) is 22.0 Å². The summed E-state index contributed by atoms with van der Waals surface area (Å²) in [6.45, 7) is 0.214. The smallest absolute Gasteiger partial charge is 0.220 e. The van der Waals surface area contributed by atoms with Crippen molar-refractivity contribution in [2.24, 2.45) is 5.73 Å². The molecule has 2 amide bonds. The fraction of sp³-hybridized carbons (Fsp3) is 0.273. The fourth-order valence-electron chi connectivity index (χ4n) is 1.20. The highest BCUT2D eigenvalue weighted by atomic mass is 16.3. The summed E-state index contributed by atoms with van der Waals surface area (Å²) in [5.74, 6) is -1.28. The lowest BCUT2D eigenvalue weighted by molar-refractivity contribution is -0.125. The Labute approximate surface area is 98.1 Å². The molecule has 17 heavy (non-hydrogen) atoms. The van der Waals surface area contributed by atoms with Crippen molar-refractivity contribution in [3.8, 4) is 11.5 Å². The van der Waals surface area contributed by atoms with Crippen LogP contribution in [0.25, 0.3) is 0 Å². The minimum Gasteiger partial charge on any atom is -0.504 e. The van der Waals surface area contributed by atoms with Gasteiger partial charge in [0, 0.05) is 19.4 Å². The molecule has 0 saturated heterocycles. The Hall–Kier alpha value is -2.24. The van der Waals surface area contributed by atoms with Crippen LogP contribution >= 0.6 is 0 Å². The maximum atomic E-state index is 11.2. The van der Waals surface area contributed by atoms with Crippen LogP contribution in [0.5, 0.6) is 11.5 Å². The Morgan fingerprint density at radius 2 is 1.88 bits per heavy atom. The third kappa shape index (κ3) is 4.42. The molecule has 0 aliphatic rings. The van der Waals surface area contributed by atoms with Crippen molar-refractivity contribution in [1.82, 2.24) is 5.32 Å². The van der Waals surface area contributed by atoms with Gasteiger partial charge in [0.25, 0.3) is 0 Å². The molecule has 0 atom stereocenters. The van der Waals surface area contributed by atoms with Gasteiger partial charge in [-0.2, -0.15) is 0 Å². The highest BCUT2D eigenvalue weighted by Gasteiger charge is 2.05. The average molecular weight is 238 g/mol. The van der Waals surface area contributed by atoms with E-state index in [1.807, 2.05) is 0 Å². The standard InChI is InChI=1S/C11H14N2O4/c12-10(16)3-4-11(17)13-6-7-1-2-8(14)9(15)5-7/h1-2,5,14-15H,3-4,6H2,(H2,12,16)(H,13,17). The second kappa shape index (κ2) is 5.74. The van der Waals surface area contributed by atoms with Gasteiger partial charge >= 0.3 is 0 Å². The molecule has 1 rings (SSSR count). The second-order valence-electron chi connectivity index (χ2n) is 3.57. The minimum absolute atomic E-state index is 0.00661. The highest BCUT2D eigenvalue weighted by molar-refractivity contribution is 5.82. The number of amides is 2. The summed E-state index contributed by atoms with van der Waals surface area (Å²) in [5, 5.41) is 20.9. The number of rotatable bonds is 5. The Kier molecular flexibility index (Phi) is 4.33. The molecule has 0 aliphatic heterocycles. The first-order valence-electron chi connectivity index (χ1n) is 5.05. The van der Waals surface area contributed by atoms with E-state index >= 15 is 0 Å². The van der Waals surface area contributed by atoms with E-state index in [0.717, 1.165) is 0 Å². The topological polar surface area (TPSA) is 113 Å². The van der Waals surface area contributed by atoms with Gasteiger partial charge in [0.05, 0.1) is 0 Å². The highest BCUT2D eigenvalue weighted by Crippen LogP contribution is 2.24. The van der Waals surface area contributed by atoms with E-state index in [1.54, 1.807) is 6.07 Å². The molecule has 6 heteroatoms. The molecule has 0 heterocycles. The SMILES string of the molecule is NC(=O)CCC(=O)NCc1ccc(O)c(O)c1. The maximum Gasteiger partial charge on any atom is 0.220 e. The van der Waals surface area contributed by atoms with Gasteiger partial charge < -0.3 is 21.3 Å². The number of nitrogens with one attached hydrogen (secondary N) is 1. The number of phenolic OH excluding ortho intramolecular Hbond substituents is 2. The normalized spacial score (nSPS) is 9.88. The van der Waals surface area contributed by atoms with Crippen LogP contribution in [0.3, 0.4) is 0 Å². The molecule has 0 saturated carbocycles. The lowest BCUT2D eigenvalue weighted by Crippen LogP contribution is -2.24. The number of primary amides is 1. The Morgan fingerprint density at radius 1 is 1.18 bits per heavy atom. The van der Waals surface area contributed by atoms with Gasteiger partial charge in [-0.25, -0.2) is 0 Å². The zero-order valence-corrected chi connectivity index (χ0v) is 9.14. The summed E-state index contributed by atoms with van der Waals surface area (Å²) < 4.78 is 0. The lowest BCUT2D eigenvalue weighted by Gasteiger charge is -2.05. The number of benzene rings is 1. The van der Waals surface area contributed by atoms with E-state index in [9.17, 15) is 14.7 Å². The first kappa shape index (κ1) is 12.8. The number of aromatic hydroxyl groups is 2. The summed E-state index contributed by atoms with van der Waals surface area (Å²) in [6, 6.07) is 4.26. The number of carbonyl (C=O) groups is 2. The number of carbonyl (C=O) groups excluding carboxylic acids is 2. The van der Waals surface area contributed by atoms with Crippen molar-refractivity contribution in [3.05, 3.63) is 23.8 Å². The van der Waals surface area contributed by atoms with Gasteiger partial charge in [0.15, 0.2) is 11.5 Å². The van der Waals surface area contributed by atoms with Crippen molar-refractivity contribution in [2.45, 2.75) is 19.4 Å². The molecular weight excluding hydrogens is 224 g/mol. The number of phenols is 2. The average Bonchev–Trinajstić information content (AvgIpc) is 2.28. The van der Waals surface area contributed by atoms with E-state index in [-0.39, 0.29) is 36.8 Å². The van der Waals surface area contributed by atoms with Crippen LogP contribution in [0.2, 0.25) is 0 Å². The Morgan fingerprint density at radius 3 is 2.47 bits per heavy atom. The molecule has 0 radical (unpaired) electrons. The summed E-state index contributed by atoms with van der Waals surface area (Å²) in [6.07, 6.45) is 0.0477. The molecule has 1 aromatic rings. The van der Waals surface area contributed by atoms with E-state index in [1.165, 1.54) is 12.1 Å². The largest absolute Gasteiger partial charge is 0.504 e. The van der Waals surface area contributed by atoms with Gasteiger partial charge in [-0.1, -0.05) is 6.07 Å². The number of hydrogen-bond acceptors (Lipinski definition) is 4. The van der Waals surface area contributed by atoms with Crippen LogP contribution in [0, 0.1) is 0 Å². The monoisotopic (exact) mass is 238 g/mol. The fourth-order valence-corrected chi connectivity index (χ4v) is 1.20. The van der Waals surface area contributed by atoms with E-state index in [0.29, 0.717) is 5.56 Å². The zero-order valence-electron chi connectivity index (χ0n) is 9.14. The van der Waals surface area contributed by atoms with Gasteiger partial charge in [-0.05, 0) is 17.7 Å². The lowest BCUT2D eigenvalue weighted by atomic mass is 10.2. The summed E-state index contributed by atoms with van der Waals surface area (Å²) >= 11 is 0. The van der Waals surface area contributed by atoms with Crippen LogP contribution in [-0.2, 0) is 16.1 Å². The second-order valence-corrected chi connectivity index (χ2v) is 3.57. The van der Waals surface area contributed by atoms with Crippen molar-refractivity contribution in [1.29, 1.82) is 0 Å². The summed E-state index contributed by atoms with van der Waals surface area (Å²) in [4.78, 5) is 21.7.